The lowest BCUT2D eigenvalue weighted by molar-refractivity contribution is -0.113. The minimum absolute atomic E-state index is 0.0231. The fourth-order valence-corrected chi connectivity index (χ4v) is 4.22. The van der Waals surface area contributed by atoms with Crippen molar-refractivity contribution in [3.05, 3.63) is 39.8 Å². The number of rotatable bonds is 2. The number of hydrogen-bond acceptors (Lipinski definition) is 5. The Labute approximate surface area is 146 Å². The first-order valence-corrected chi connectivity index (χ1v) is 8.80. The molecule has 1 amide bonds. The van der Waals surface area contributed by atoms with Crippen LogP contribution in [0, 0.1) is 0 Å². The maximum Gasteiger partial charge on any atom is 0.409 e. The molecule has 1 unspecified atom stereocenters. The highest BCUT2D eigenvalue weighted by atomic mass is 32.1. The molecule has 1 aliphatic rings. The van der Waals surface area contributed by atoms with Crippen LogP contribution in [-0.4, -0.2) is 24.7 Å². The number of carbonyl (C=O) groups excluding carboxylic acids is 1. The lowest BCUT2D eigenvalue weighted by atomic mass is 9.87. The first-order valence-electron chi connectivity index (χ1n) is 7.98. The standard InChI is InChI=1S/C18H22N2O3S/c1-18(2,3)15-13(11-6-5-8-20-10-11)14-12(24-15)7-9-22-16(14)23-17(21)19-4/h5-6,8,10,16H,7,9H2,1-4H3,(H,19,21). The van der Waals surface area contributed by atoms with Crippen molar-refractivity contribution in [2.45, 2.75) is 38.9 Å². The smallest absolute Gasteiger partial charge is 0.409 e. The van der Waals surface area contributed by atoms with E-state index in [4.69, 9.17) is 9.47 Å². The van der Waals surface area contributed by atoms with Gasteiger partial charge in [0.1, 0.15) is 0 Å². The van der Waals surface area contributed by atoms with Gasteiger partial charge in [-0.25, -0.2) is 4.79 Å². The molecule has 0 radical (unpaired) electrons. The van der Waals surface area contributed by atoms with Crippen LogP contribution in [0.2, 0.25) is 0 Å². The normalized spacial score (nSPS) is 17.2. The van der Waals surface area contributed by atoms with Crippen LogP contribution < -0.4 is 5.32 Å². The Hall–Kier alpha value is -1.92. The molecule has 0 spiro atoms. The van der Waals surface area contributed by atoms with Crippen molar-refractivity contribution in [3.8, 4) is 11.1 Å². The molecular formula is C18H22N2O3S. The number of nitrogens with zero attached hydrogens (tertiary/aromatic N) is 1. The van der Waals surface area contributed by atoms with E-state index >= 15 is 0 Å². The Morgan fingerprint density at radius 3 is 2.88 bits per heavy atom. The molecule has 3 heterocycles. The van der Waals surface area contributed by atoms with Gasteiger partial charge >= 0.3 is 6.09 Å². The van der Waals surface area contributed by atoms with E-state index < -0.39 is 12.4 Å². The van der Waals surface area contributed by atoms with E-state index in [9.17, 15) is 4.79 Å². The summed E-state index contributed by atoms with van der Waals surface area (Å²) in [4.78, 5) is 18.5. The molecule has 6 heteroatoms. The molecule has 0 bridgehead atoms. The van der Waals surface area contributed by atoms with Crippen molar-refractivity contribution in [2.24, 2.45) is 0 Å². The first-order chi connectivity index (χ1) is 11.4. The molecule has 128 valence electrons. The molecule has 0 aromatic carbocycles. The number of nitrogens with one attached hydrogen (secondary N) is 1. The summed E-state index contributed by atoms with van der Waals surface area (Å²) in [5, 5.41) is 2.49. The van der Waals surface area contributed by atoms with Crippen LogP contribution in [0.3, 0.4) is 0 Å². The Balaban J connectivity index is 2.18. The molecule has 24 heavy (non-hydrogen) atoms. The highest BCUT2D eigenvalue weighted by Gasteiger charge is 2.35. The number of aromatic nitrogens is 1. The first kappa shape index (κ1) is 16.9. The predicted octanol–water partition coefficient (Wildman–Crippen LogP) is 4.03. The number of carbonyl (C=O) groups is 1. The molecule has 0 saturated carbocycles. The van der Waals surface area contributed by atoms with E-state index in [0.29, 0.717) is 6.61 Å². The van der Waals surface area contributed by atoms with E-state index in [1.807, 2.05) is 18.3 Å². The van der Waals surface area contributed by atoms with Crippen molar-refractivity contribution >= 4 is 17.4 Å². The van der Waals surface area contributed by atoms with Crippen LogP contribution in [0.25, 0.3) is 11.1 Å². The molecule has 1 atom stereocenters. The average Bonchev–Trinajstić information content (AvgIpc) is 2.96. The summed E-state index contributed by atoms with van der Waals surface area (Å²) in [5.74, 6) is 0. The van der Waals surface area contributed by atoms with Crippen LogP contribution in [0.5, 0.6) is 0 Å². The summed E-state index contributed by atoms with van der Waals surface area (Å²) in [5.41, 5.74) is 3.05. The highest BCUT2D eigenvalue weighted by molar-refractivity contribution is 7.13. The van der Waals surface area contributed by atoms with Crippen LogP contribution in [0.15, 0.2) is 24.5 Å². The van der Waals surface area contributed by atoms with Gasteiger partial charge in [0.25, 0.3) is 0 Å². The molecule has 2 aromatic heterocycles. The van der Waals surface area contributed by atoms with Crippen molar-refractivity contribution in [2.75, 3.05) is 13.7 Å². The highest BCUT2D eigenvalue weighted by Crippen LogP contribution is 2.48. The zero-order valence-corrected chi connectivity index (χ0v) is 15.2. The quantitative estimate of drug-likeness (QED) is 0.892. The number of ether oxygens (including phenoxy) is 2. The fraction of sp³-hybridized carbons (Fsp3) is 0.444. The lowest BCUT2D eigenvalue weighted by Crippen LogP contribution is -2.26. The van der Waals surface area contributed by atoms with E-state index in [2.05, 4.69) is 31.1 Å². The number of thiophene rings is 1. The largest absolute Gasteiger partial charge is 0.415 e. The van der Waals surface area contributed by atoms with Gasteiger partial charge < -0.3 is 14.8 Å². The third-order valence-corrected chi connectivity index (χ3v) is 5.60. The SMILES string of the molecule is CNC(=O)OC1OCCc2sc(C(C)(C)C)c(-c3cccnc3)c21. The summed E-state index contributed by atoms with van der Waals surface area (Å²) >= 11 is 1.78. The third-order valence-electron chi connectivity index (χ3n) is 3.91. The Bertz CT molecular complexity index is 735. The second-order valence-corrected chi connectivity index (χ2v) is 7.85. The van der Waals surface area contributed by atoms with Crippen molar-refractivity contribution in [3.63, 3.8) is 0 Å². The minimum Gasteiger partial charge on any atom is -0.415 e. The second-order valence-electron chi connectivity index (χ2n) is 6.74. The second kappa shape index (κ2) is 6.53. The molecule has 5 nitrogen and oxygen atoms in total. The summed E-state index contributed by atoms with van der Waals surface area (Å²) < 4.78 is 11.2. The third kappa shape index (κ3) is 3.16. The van der Waals surface area contributed by atoms with Crippen LogP contribution in [0.1, 0.15) is 42.4 Å². The topological polar surface area (TPSA) is 60.5 Å². The summed E-state index contributed by atoms with van der Waals surface area (Å²) in [6.07, 6.45) is 3.26. The van der Waals surface area contributed by atoms with E-state index in [0.717, 1.165) is 23.1 Å². The van der Waals surface area contributed by atoms with Gasteiger partial charge in [-0.15, -0.1) is 11.3 Å². The minimum atomic E-state index is -0.684. The Kier molecular flexibility index (Phi) is 4.60. The van der Waals surface area contributed by atoms with Crippen molar-refractivity contribution in [1.29, 1.82) is 0 Å². The van der Waals surface area contributed by atoms with Gasteiger partial charge in [-0.1, -0.05) is 26.8 Å². The molecular weight excluding hydrogens is 324 g/mol. The number of hydrogen-bond donors (Lipinski definition) is 1. The zero-order chi connectivity index (χ0) is 17.3. The molecule has 3 rings (SSSR count). The maximum atomic E-state index is 11.7. The fourth-order valence-electron chi connectivity index (χ4n) is 2.84. The Morgan fingerprint density at radius 2 is 2.25 bits per heavy atom. The number of fused-ring (bicyclic) bond motifs is 1. The van der Waals surface area contributed by atoms with Crippen LogP contribution >= 0.6 is 11.3 Å². The van der Waals surface area contributed by atoms with E-state index in [1.54, 1.807) is 24.6 Å². The molecule has 0 aliphatic carbocycles. The van der Waals surface area contributed by atoms with Crippen molar-refractivity contribution < 1.29 is 14.3 Å². The van der Waals surface area contributed by atoms with Crippen LogP contribution in [0.4, 0.5) is 4.79 Å². The van der Waals surface area contributed by atoms with Gasteiger partial charge in [0.2, 0.25) is 6.29 Å². The van der Waals surface area contributed by atoms with Gasteiger partial charge in [0.15, 0.2) is 0 Å². The van der Waals surface area contributed by atoms with Crippen LogP contribution in [-0.2, 0) is 21.3 Å². The number of pyridine rings is 1. The molecule has 2 aromatic rings. The zero-order valence-electron chi connectivity index (χ0n) is 14.4. The molecule has 1 aliphatic heterocycles. The predicted molar refractivity (Wildman–Crippen MR) is 94.2 cm³/mol. The monoisotopic (exact) mass is 346 g/mol. The van der Waals surface area contributed by atoms with Crippen molar-refractivity contribution in [1.82, 2.24) is 10.3 Å². The number of alkyl carbamates (subject to hydrolysis) is 1. The number of amides is 1. The lowest BCUT2D eigenvalue weighted by Gasteiger charge is -2.25. The van der Waals surface area contributed by atoms with Gasteiger partial charge in [0.05, 0.1) is 6.61 Å². The van der Waals surface area contributed by atoms with Gasteiger partial charge in [-0.05, 0) is 11.5 Å². The summed E-state index contributed by atoms with van der Waals surface area (Å²) in [6, 6.07) is 3.96. The average molecular weight is 346 g/mol. The molecule has 1 N–H and O–H groups in total. The van der Waals surface area contributed by atoms with Gasteiger partial charge in [0, 0.05) is 52.3 Å². The van der Waals surface area contributed by atoms with Gasteiger partial charge in [-0.2, -0.15) is 0 Å². The summed E-state index contributed by atoms with van der Waals surface area (Å²) in [6.45, 7) is 7.13. The van der Waals surface area contributed by atoms with E-state index in [-0.39, 0.29) is 5.41 Å². The van der Waals surface area contributed by atoms with Gasteiger partial charge in [-0.3, -0.25) is 4.98 Å². The molecule has 0 fully saturated rings. The maximum absolute atomic E-state index is 11.7. The van der Waals surface area contributed by atoms with E-state index in [1.165, 1.54) is 9.75 Å². The Morgan fingerprint density at radius 1 is 1.46 bits per heavy atom. The summed E-state index contributed by atoms with van der Waals surface area (Å²) in [7, 11) is 1.54. The molecule has 0 saturated heterocycles.